The summed E-state index contributed by atoms with van der Waals surface area (Å²) in [5.74, 6) is -0.600. The van der Waals surface area contributed by atoms with Gasteiger partial charge in [0.1, 0.15) is 6.61 Å². The van der Waals surface area contributed by atoms with E-state index in [0.29, 0.717) is 12.8 Å². The highest BCUT2D eigenvalue weighted by molar-refractivity contribution is 5.70. The molecular formula is C32H60O5. The lowest BCUT2D eigenvalue weighted by Crippen LogP contribution is -2.28. The minimum Gasteiger partial charge on any atom is -0.462 e. The van der Waals surface area contributed by atoms with Crippen LogP contribution in [0.5, 0.6) is 0 Å². The number of carbonyl (C=O) groups excluding carboxylic acids is 2. The van der Waals surface area contributed by atoms with Gasteiger partial charge in [-0.05, 0) is 32.1 Å². The normalized spacial score (nSPS) is 12.2. The van der Waals surface area contributed by atoms with Gasteiger partial charge in [-0.15, -0.1) is 0 Å². The molecule has 0 spiro atoms. The number of esters is 2. The van der Waals surface area contributed by atoms with Gasteiger partial charge >= 0.3 is 11.9 Å². The molecule has 0 heterocycles. The number of hydrogen-bond donors (Lipinski definition) is 1. The van der Waals surface area contributed by atoms with Crippen molar-refractivity contribution in [1.29, 1.82) is 0 Å². The number of aliphatic hydroxyl groups excluding tert-OH is 1. The highest BCUT2D eigenvalue weighted by atomic mass is 16.6. The average molecular weight is 525 g/mol. The Morgan fingerprint density at radius 2 is 1.03 bits per heavy atom. The van der Waals surface area contributed by atoms with Crippen LogP contribution in [-0.4, -0.2) is 36.4 Å². The van der Waals surface area contributed by atoms with E-state index < -0.39 is 6.10 Å². The molecule has 0 aliphatic heterocycles. The second-order valence-corrected chi connectivity index (χ2v) is 10.5. The van der Waals surface area contributed by atoms with Gasteiger partial charge in [-0.1, -0.05) is 129 Å². The van der Waals surface area contributed by atoms with Gasteiger partial charge in [0.25, 0.3) is 0 Å². The molecule has 0 amide bonds. The van der Waals surface area contributed by atoms with Crippen molar-refractivity contribution in [3.8, 4) is 0 Å². The molecule has 0 aliphatic carbocycles. The summed E-state index contributed by atoms with van der Waals surface area (Å²) >= 11 is 0. The molecule has 218 valence electrons. The fourth-order valence-electron chi connectivity index (χ4n) is 4.36. The topological polar surface area (TPSA) is 72.8 Å². The number of carbonyl (C=O) groups is 2. The van der Waals surface area contributed by atoms with Crippen LogP contribution >= 0.6 is 0 Å². The summed E-state index contributed by atoms with van der Waals surface area (Å²) in [7, 11) is 0. The number of aliphatic hydroxyl groups is 1. The lowest BCUT2D eigenvalue weighted by Gasteiger charge is -2.15. The summed E-state index contributed by atoms with van der Waals surface area (Å²) in [4.78, 5) is 24.0. The van der Waals surface area contributed by atoms with Crippen LogP contribution in [0.2, 0.25) is 0 Å². The van der Waals surface area contributed by atoms with E-state index in [-0.39, 0.29) is 25.2 Å². The van der Waals surface area contributed by atoms with Crippen LogP contribution in [0.25, 0.3) is 0 Å². The first-order valence-electron chi connectivity index (χ1n) is 15.7. The first kappa shape index (κ1) is 35.6. The number of hydrogen-bond acceptors (Lipinski definition) is 5. The van der Waals surface area contributed by atoms with Crippen LogP contribution in [0.3, 0.4) is 0 Å². The maximum atomic E-state index is 12.0. The van der Waals surface area contributed by atoms with E-state index >= 15 is 0 Å². The summed E-state index contributed by atoms with van der Waals surface area (Å²) in [5, 5.41) is 9.46. The van der Waals surface area contributed by atoms with Gasteiger partial charge in [0.05, 0.1) is 6.61 Å². The molecule has 0 saturated carbocycles. The van der Waals surface area contributed by atoms with Crippen LogP contribution in [0.15, 0.2) is 12.2 Å². The summed E-state index contributed by atoms with van der Waals surface area (Å²) in [5.41, 5.74) is 0. The summed E-state index contributed by atoms with van der Waals surface area (Å²) in [6.45, 7) is 4.07. The summed E-state index contributed by atoms with van der Waals surface area (Å²) in [6, 6.07) is 0. The molecule has 0 saturated heterocycles. The quantitative estimate of drug-likeness (QED) is 0.0628. The number of allylic oxidation sites excluding steroid dienone is 2. The number of rotatable bonds is 28. The Hall–Kier alpha value is -1.36. The van der Waals surface area contributed by atoms with Crippen molar-refractivity contribution in [1.82, 2.24) is 0 Å². The molecule has 5 nitrogen and oxygen atoms in total. The lowest BCUT2D eigenvalue weighted by molar-refractivity contribution is -0.161. The Labute approximate surface area is 229 Å². The zero-order valence-corrected chi connectivity index (χ0v) is 24.5. The number of unbranched alkanes of at least 4 members (excludes halogenated alkanes) is 18. The van der Waals surface area contributed by atoms with Crippen LogP contribution in [0.1, 0.15) is 162 Å². The van der Waals surface area contributed by atoms with Crippen molar-refractivity contribution in [3.05, 3.63) is 12.2 Å². The molecule has 0 aromatic heterocycles. The zero-order valence-electron chi connectivity index (χ0n) is 24.5. The predicted molar refractivity (Wildman–Crippen MR) is 155 cm³/mol. The Kier molecular flexibility index (Phi) is 28.1. The standard InChI is InChI=1S/C32H60O5/c1-3-5-7-9-11-13-15-17-19-21-23-25-27-32(35)37-30(28-33)29-36-31(34)26-24-22-20-18-16-14-12-10-8-6-4-2/h10,12,30,33H,3-9,11,13-29H2,1-2H3/b12-10-/t30-/m0/s1. The fourth-order valence-corrected chi connectivity index (χ4v) is 4.36. The van der Waals surface area contributed by atoms with E-state index in [2.05, 4.69) is 26.0 Å². The maximum Gasteiger partial charge on any atom is 0.306 e. The Balaban J connectivity index is 3.59. The van der Waals surface area contributed by atoms with Crippen molar-refractivity contribution >= 4 is 11.9 Å². The van der Waals surface area contributed by atoms with Gasteiger partial charge in [0.2, 0.25) is 0 Å². The van der Waals surface area contributed by atoms with Crippen molar-refractivity contribution in [3.63, 3.8) is 0 Å². The van der Waals surface area contributed by atoms with E-state index in [0.717, 1.165) is 44.9 Å². The lowest BCUT2D eigenvalue weighted by atomic mass is 10.0. The van der Waals surface area contributed by atoms with E-state index in [9.17, 15) is 14.7 Å². The Bertz CT molecular complexity index is 531. The SMILES string of the molecule is CCCC/C=C\CCCCCCCC(=O)OC[C@H](CO)OC(=O)CCCCCCCCCCCCCC. The minimum absolute atomic E-state index is 0.0656. The first-order valence-corrected chi connectivity index (χ1v) is 15.7. The van der Waals surface area contributed by atoms with Gasteiger partial charge in [-0.2, -0.15) is 0 Å². The monoisotopic (exact) mass is 524 g/mol. The van der Waals surface area contributed by atoms with Gasteiger partial charge < -0.3 is 14.6 Å². The fraction of sp³-hybridized carbons (Fsp3) is 0.875. The van der Waals surface area contributed by atoms with Crippen molar-refractivity contribution in [2.45, 2.75) is 168 Å². The van der Waals surface area contributed by atoms with Crippen LogP contribution in [0.4, 0.5) is 0 Å². The second-order valence-electron chi connectivity index (χ2n) is 10.5. The predicted octanol–water partition coefficient (Wildman–Crippen LogP) is 9.00. The van der Waals surface area contributed by atoms with E-state index in [1.165, 1.54) is 89.9 Å². The van der Waals surface area contributed by atoms with E-state index in [4.69, 9.17) is 9.47 Å². The third-order valence-corrected chi connectivity index (χ3v) is 6.81. The molecule has 0 aliphatic rings. The minimum atomic E-state index is -0.765. The maximum absolute atomic E-state index is 12.0. The molecular weight excluding hydrogens is 464 g/mol. The van der Waals surface area contributed by atoms with Crippen molar-refractivity contribution in [2.24, 2.45) is 0 Å². The molecule has 0 unspecified atom stereocenters. The van der Waals surface area contributed by atoms with Crippen molar-refractivity contribution < 1.29 is 24.2 Å². The molecule has 0 rings (SSSR count). The third-order valence-electron chi connectivity index (χ3n) is 6.81. The largest absolute Gasteiger partial charge is 0.462 e. The average Bonchev–Trinajstić information content (AvgIpc) is 2.90. The molecule has 0 radical (unpaired) electrons. The highest BCUT2D eigenvalue weighted by Gasteiger charge is 2.16. The summed E-state index contributed by atoms with van der Waals surface area (Å²) < 4.78 is 10.5. The Morgan fingerprint density at radius 1 is 0.595 bits per heavy atom. The molecule has 37 heavy (non-hydrogen) atoms. The molecule has 5 heteroatoms. The van der Waals surface area contributed by atoms with Crippen LogP contribution in [0, 0.1) is 0 Å². The van der Waals surface area contributed by atoms with Gasteiger partial charge in [-0.3, -0.25) is 9.59 Å². The van der Waals surface area contributed by atoms with E-state index in [1.807, 2.05) is 0 Å². The van der Waals surface area contributed by atoms with Crippen LogP contribution in [-0.2, 0) is 19.1 Å². The molecule has 1 N–H and O–H groups in total. The van der Waals surface area contributed by atoms with Gasteiger partial charge in [0, 0.05) is 12.8 Å². The zero-order chi connectivity index (χ0) is 27.2. The molecule has 0 aromatic carbocycles. The molecule has 1 atom stereocenters. The molecule has 0 bridgehead atoms. The van der Waals surface area contributed by atoms with Crippen molar-refractivity contribution in [2.75, 3.05) is 13.2 Å². The smallest absolute Gasteiger partial charge is 0.306 e. The second kappa shape index (κ2) is 29.2. The molecule has 0 aromatic rings. The van der Waals surface area contributed by atoms with Gasteiger partial charge in [-0.25, -0.2) is 0 Å². The van der Waals surface area contributed by atoms with Gasteiger partial charge in [0.15, 0.2) is 6.10 Å². The molecule has 0 fully saturated rings. The first-order chi connectivity index (χ1) is 18.1. The van der Waals surface area contributed by atoms with Crippen LogP contribution < -0.4 is 0 Å². The summed E-state index contributed by atoms with van der Waals surface area (Å²) in [6.07, 6.45) is 29.7. The van der Waals surface area contributed by atoms with E-state index in [1.54, 1.807) is 0 Å². The highest BCUT2D eigenvalue weighted by Crippen LogP contribution is 2.13. The third kappa shape index (κ3) is 27.5. The number of ether oxygens (including phenoxy) is 2. The Morgan fingerprint density at radius 3 is 1.54 bits per heavy atom.